The third-order valence-electron chi connectivity index (χ3n) is 5.00. The number of para-hydroxylation sites is 1. The van der Waals surface area contributed by atoms with Crippen molar-refractivity contribution in [3.8, 4) is 5.69 Å². The molecule has 1 aliphatic rings. The zero-order valence-electron chi connectivity index (χ0n) is 16.4. The van der Waals surface area contributed by atoms with Crippen molar-refractivity contribution < 1.29 is 4.79 Å². The molecule has 3 aromatic rings. The second-order valence-electron chi connectivity index (χ2n) is 7.22. The Labute approximate surface area is 174 Å². The van der Waals surface area contributed by atoms with E-state index in [9.17, 15) is 4.79 Å². The van der Waals surface area contributed by atoms with Crippen LogP contribution in [-0.4, -0.2) is 55.9 Å². The highest BCUT2D eigenvalue weighted by Gasteiger charge is 2.24. The first kappa shape index (κ1) is 19.6. The van der Waals surface area contributed by atoms with Crippen LogP contribution in [0.3, 0.4) is 0 Å². The van der Waals surface area contributed by atoms with E-state index in [0.29, 0.717) is 10.9 Å². The van der Waals surface area contributed by atoms with E-state index in [1.165, 1.54) is 17.3 Å². The second-order valence-corrected chi connectivity index (χ2v) is 8.16. The van der Waals surface area contributed by atoms with E-state index in [-0.39, 0.29) is 11.9 Å². The van der Waals surface area contributed by atoms with Crippen LogP contribution in [0.2, 0.25) is 0 Å². The van der Waals surface area contributed by atoms with Gasteiger partial charge in [-0.1, -0.05) is 60.3 Å². The zero-order chi connectivity index (χ0) is 20.1. The van der Waals surface area contributed by atoms with Gasteiger partial charge in [-0.3, -0.25) is 9.69 Å². The number of benzene rings is 2. The second kappa shape index (κ2) is 9.19. The van der Waals surface area contributed by atoms with Gasteiger partial charge < -0.3 is 5.32 Å². The van der Waals surface area contributed by atoms with Crippen LogP contribution in [0.25, 0.3) is 5.69 Å². The molecule has 1 N–H and O–H groups in total. The summed E-state index contributed by atoms with van der Waals surface area (Å²) in [4.78, 5) is 14.8. The van der Waals surface area contributed by atoms with Gasteiger partial charge in [0.15, 0.2) is 0 Å². The molecule has 2 heterocycles. The predicted octanol–water partition coefficient (Wildman–Crippen LogP) is 2.45. The fourth-order valence-electron chi connectivity index (χ4n) is 3.56. The van der Waals surface area contributed by atoms with Crippen molar-refractivity contribution in [1.29, 1.82) is 0 Å². The quantitative estimate of drug-likeness (QED) is 0.605. The molecule has 7 nitrogen and oxygen atoms in total. The molecular weight excluding hydrogens is 384 g/mol. The van der Waals surface area contributed by atoms with E-state index in [0.717, 1.165) is 37.3 Å². The zero-order valence-corrected chi connectivity index (χ0v) is 17.2. The van der Waals surface area contributed by atoms with Crippen molar-refractivity contribution in [2.75, 3.05) is 18.8 Å². The predicted molar refractivity (Wildman–Crippen MR) is 113 cm³/mol. The van der Waals surface area contributed by atoms with Crippen LogP contribution < -0.4 is 5.32 Å². The number of amides is 1. The molecule has 0 radical (unpaired) electrons. The number of hydrogen-bond acceptors (Lipinski definition) is 6. The Morgan fingerprint density at radius 2 is 1.97 bits per heavy atom. The van der Waals surface area contributed by atoms with Crippen molar-refractivity contribution in [3.63, 3.8) is 0 Å². The molecular formula is C21H24N6OS. The number of tetrazole rings is 1. The average molecular weight is 409 g/mol. The van der Waals surface area contributed by atoms with Crippen LogP contribution in [-0.2, 0) is 11.3 Å². The van der Waals surface area contributed by atoms with Crippen molar-refractivity contribution in [2.24, 2.45) is 0 Å². The molecule has 1 amide bonds. The maximum Gasteiger partial charge on any atom is 0.230 e. The molecule has 0 unspecified atom stereocenters. The number of carbonyl (C=O) groups is 1. The Morgan fingerprint density at radius 3 is 2.79 bits per heavy atom. The third kappa shape index (κ3) is 5.02. The summed E-state index contributed by atoms with van der Waals surface area (Å²) in [5.74, 6) is 0.308. The Bertz CT molecular complexity index is 961. The number of rotatable bonds is 7. The lowest BCUT2D eigenvalue weighted by Crippen LogP contribution is -2.38. The number of aryl methyl sites for hydroxylation is 1. The van der Waals surface area contributed by atoms with E-state index in [1.807, 2.05) is 37.3 Å². The van der Waals surface area contributed by atoms with Crippen molar-refractivity contribution in [2.45, 2.75) is 31.1 Å². The van der Waals surface area contributed by atoms with E-state index in [2.05, 4.69) is 50.0 Å². The highest BCUT2D eigenvalue weighted by atomic mass is 32.2. The maximum absolute atomic E-state index is 12.4. The number of carbonyl (C=O) groups excluding carboxylic acids is 1. The van der Waals surface area contributed by atoms with Gasteiger partial charge in [-0.25, -0.2) is 0 Å². The van der Waals surface area contributed by atoms with Gasteiger partial charge in [0.05, 0.1) is 11.4 Å². The lowest BCUT2D eigenvalue weighted by atomic mass is 10.2. The average Bonchev–Trinajstić information content (AvgIpc) is 3.37. The Balaban J connectivity index is 1.27. The first-order valence-electron chi connectivity index (χ1n) is 9.72. The van der Waals surface area contributed by atoms with E-state index >= 15 is 0 Å². The van der Waals surface area contributed by atoms with Gasteiger partial charge in [-0.15, -0.1) is 5.10 Å². The summed E-state index contributed by atoms with van der Waals surface area (Å²) in [5.41, 5.74) is 3.31. The highest BCUT2D eigenvalue weighted by molar-refractivity contribution is 7.99. The van der Waals surface area contributed by atoms with Crippen molar-refractivity contribution in [3.05, 3.63) is 65.7 Å². The molecule has 1 saturated heterocycles. The van der Waals surface area contributed by atoms with Gasteiger partial charge in [-0.05, 0) is 41.0 Å². The Hall–Kier alpha value is -2.71. The largest absolute Gasteiger partial charge is 0.351 e. The fourth-order valence-corrected chi connectivity index (χ4v) is 4.25. The number of likely N-dealkylation sites (tertiary alicyclic amines) is 1. The SMILES string of the molecule is Cc1ccccc1-n1nnnc1SCC(=O)N[C@@H]1CCN(Cc2ccccc2)C1. The van der Waals surface area contributed by atoms with E-state index in [1.54, 1.807) is 4.68 Å². The summed E-state index contributed by atoms with van der Waals surface area (Å²) in [6.07, 6.45) is 0.976. The van der Waals surface area contributed by atoms with Crippen LogP contribution in [0.5, 0.6) is 0 Å². The fraction of sp³-hybridized carbons (Fsp3) is 0.333. The maximum atomic E-state index is 12.4. The summed E-state index contributed by atoms with van der Waals surface area (Å²) < 4.78 is 1.68. The molecule has 0 aliphatic carbocycles. The molecule has 8 heteroatoms. The lowest BCUT2D eigenvalue weighted by Gasteiger charge is -2.16. The number of nitrogens with zero attached hydrogens (tertiary/aromatic N) is 5. The number of nitrogens with one attached hydrogen (secondary N) is 1. The van der Waals surface area contributed by atoms with E-state index < -0.39 is 0 Å². The minimum atomic E-state index is 0.0147. The standard InChI is InChI=1S/C21H24N6OS/c1-16-7-5-6-10-19(16)27-21(23-24-25-27)29-15-20(28)22-18-11-12-26(14-18)13-17-8-3-2-4-9-17/h2-10,18H,11-15H2,1H3,(H,22,28)/t18-/m1/s1. The number of thioether (sulfide) groups is 1. The van der Waals surface area contributed by atoms with Gasteiger partial charge in [0.25, 0.3) is 0 Å². The van der Waals surface area contributed by atoms with Crippen LogP contribution >= 0.6 is 11.8 Å². The summed E-state index contributed by atoms with van der Waals surface area (Å²) in [6.45, 7) is 4.82. The van der Waals surface area contributed by atoms with Crippen LogP contribution in [0.4, 0.5) is 0 Å². The summed E-state index contributed by atoms with van der Waals surface area (Å²) in [7, 11) is 0. The molecule has 0 spiro atoms. The van der Waals surface area contributed by atoms with Gasteiger partial charge in [0.2, 0.25) is 11.1 Å². The topological polar surface area (TPSA) is 75.9 Å². The van der Waals surface area contributed by atoms with Gasteiger partial charge in [-0.2, -0.15) is 4.68 Å². The Morgan fingerprint density at radius 1 is 1.17 bits per heavy atom. The van der Waals surface area contributed by atoms with Gasteiger partial charge in [0.1, 0.15) is 0 Å². The first-order chi connectivity index (χ1) is 14.2. The normalized spacial score (nSPS) is 16.8. The monoisotopic (exact) mass is 408 g/mol. The minimum Gasteiger partial charge on any atom is -0.351 e. The van der Waals surface area contributed by atoms with Gasteiger partial charge >= 0.3 is 0 Å². The van der Waals surface area contributed by atoms with Crippen LogP contribution in [0, 0.1) is 6.92 Å². The number of hydrogen-bond donors (Lipinski definition) is 1. The van der Waals surface area contributed by atoms with Crippen molar-refractivity contribution in [1.82, 2.24) is 30.4 Å². The van der Waals surface area contributed by atoms with Crippen molar-refractivity contribution >= 4 is 17.7 Å². The van der Waals surface area contributed by atoms with Crippen LogP contribution in [0.1, 0.15) is 17.5 Å². The molecule has 1 aliphatic heterocycles. The van der Waals surface area contributed by atoms with E-state index in [4.69, 9.17) is 0 Å². The lowest BCUT2D eigenvalue weighted by molar-refractivity contribution is -0.119. The molecule has 1 aromatic heterocycles. The molecule has 1 atom stereocenters. The summed E-state index contributed by atoms with van der Waals surface area (Å²) in [6, 6.07) is 18.5. The number of aromatic nitrogens is 4. The molecule has 1 fully saturated rings. The smallest absolute Gasteiger partial charge is 0.230 e. The first-order valence-corrected chi connectivity index (χ1v) is 10.7. The van der Waals surface area contributed by atoms with Gasteiger partial charge in [0, 0.05) is 25.7 Å². The molecule has 0 bridgehead atoms. The summed E-state index contributed by atoms with van der Waals surface area (Å²) >= 11 is 1.35. The molecule has 2 aromatic carbocycles. The molecule has 29 heavy (non-hydrogen) atoms. The molecule has 4 rings (SSSR count). The summed E-state index contributed by atoms with van der Waals surface area (Å²) in [5, 5.41) is 15.7. The Kier molecular flexibility index (Phi) is 6.21. The highest BCUT2D eigenvalue weighted by Crippen LogP contribution is 2.20. The third-order valence-corrected chi connectivity index (χ3v) is 5.92. The molecule has 150 valence electrons. The minimum absolute atomic E-state index is 0.0147. The van der Waals surface area contributed by atoms with Crippen LogP contribution in [0.15, 0.2) is 59.8 Å². The molecule has 0 saturated carbocycles.